The van der Waals surface area contributed by atoms with E-state index in [0.717, 1.165) is 0 Å². The van der Waals surface area contributed by atoms with E-state index in [1.165, 1.54) is 6.20 Å². The Hall–Kier alpha value is -1.20. The molecule has 1 rings (SSSR count). The number of carbonyl (C=O) groups is 1. The van der Waals surface area contributed by atoms with E-state index in [9.17, 15) is 4.79 Å². The molecule has 1 aromatic heterocycles. The number of likely N-dealkylation sites (N-methyl/N-ethyl adjacent to an activating group) is 1. The van der Waals surface area contributed by atoms with Gasteiger partial charge in [-0.3, -0.25) is 4.79 Å². The number of hydrogen-bond donors (Lipinski definition) is 0. The van der Waals surface area contributed by atoms with Gasteiger partial charge in [0.05, 0.1) is 23.9 Å². The first-order valence-electron chi connectivity index (χ1n) is 6.17. The second-order valence-electron chi connectivity index (χ2n) is 4.80. The van der Waals surface area contributed by atoms with E-state index in [2.05, 4.69) is 9.97 Å². The Morgan fingerprint density at radius 1 is 1.47 bits per heavy atom. The van der Waals surface area contributed by atoms with Gasteiger partial charge in [-0.25, -0.2) is 9.97 Å². The number of aromatic nitrogens is 2. The highest BCUT2D eigenvalue weighted by Crippen LogP contribution is 2.18. The van der Waals surface area contributed by atoms with Crippen molar-refractivity contribution in [3.8, 4) is 0 Å². The minimum Gasteiger partial charge on any atom is -0.383 e. The van der Waals surface area contributed by atoms with Gasteiger partial charge in [0.2, 0.25) is 0 Å². The molecule has 0 aromatic carbocycles. The van der Waals surface area contributed by atoms with Gasteiger partial charge in [0.25, 0.3) is 5.91 Å². The van der Waals surface area contributed by atoms with E-state index in [1.54, 1.807) is 19.1 Å². The number of hydrogen-bond acceptors (Lipinski definition) is 4. The zero-order valence-electron chi connectivity index (χ0n) is 12.0. The summed E-state index contributed by atoms with van der Waals surface area (Å²) in [5.74, 6) is 0.532. The van der Waals surface area contributed by atoms with Gasteiger partial charge in [-0.05, 0) is 6.92 Å². The summed E-state index contributed by atoms with van der Waals surface area (Å²) in [5.41, 5.74) is 0.241. The molecule has 106 valence electrons. The van der Waals surface area contributed by atoms with E-state index in [4.69, 9.17) is 16.3 Å². The lowest BCUT2D eigenvalue weighted by atomic mass is 10.2. The molecule has 1 atom stereocenters. The monoisotopic (exact) mass is 285 g/mol. The van der Waals surface area contributed by atoms with Crippen LogP contribution in [-0.4, -0.2) is 47.6 Å². The maximum absolute atomic E-state index is 12.4. The van der Waals surface area contributed by atoms with Crippen molar-refractivity contribution >= 4 is 17.5 Å². The van der Waals surface area contributed by atoms with E-state index in [0.29, 0.717) is 12.4 Å². The van der Waals surface area contributed by atoms with Gasteiger partial charge < -0.3 is 9.64 Å². The molecule has 0 saturated carbocycles. The average molecular weight is 286 g/mol. The van der Waals surface area contributed by atoms with Crippen LogP contribution in [0.2, 0.25) is 5.02 Å². The van der Waals surface area contributed by atoms with Crippen molar-refractivity contribution in [2.24, 2.45) is 0 Å². The van der Waals surface area contributed by atoms with Crippen LogP contribution in [0.1, 0.15) is 43.0 Å². The van der Waals surface area contributed by atoms with E-state index < -0.39 is 0 Å². The van der Waals surface area contributed by atoms with Crippen LogP contribution in [0.25, 0.3) is 0 Å². The summed E-state index contributed by atoms with van der Waals surface area (Å²) in [6.07, 6.45) is 1.48. The fraction of sp³-hybridized carbons (Fsp3) is 0.615. The third-order valence-corrected chi connectivity index (χ3v) is 3.15. The predicted octanol–water partition coefficient (Wildman–Crippen LogP) is 2.36. The third-order valence-electron chi connectivity index (χ3n) is 2.87. The number of methoxy groups -OCH3 is 1. The zero-order valence-corrected chi connectivity index (χ0v) is 12.7. The summed E-state index contributed by atoms with van der Waals surface area (Å²) < 4.78 is 5.04. The SMILES string of the molecule is COCC(C)N(C)C(=O)c1nc(C(C)C)ncc1Cl. The highest BCUT2D eigenvalue weighted by atomic mass is 35.5. The Bertz CT molecular complexity index is 452. The first-order chi connectivity index (χ1) is 8.88. The van der Waals surface area contributed by atoms with Crippen molar-refractivity contribution in [2.75, 3.05) is 20.8 Å². The van der Waals surface area contributed by atoms with Crippen molar-refractivity contribution in [2.45, 2.75) is 32.7 Å². The Labute approximate surface area is 118 Å². The molecule has 5 nitrogen and oxygen atoms in total. The summed E-state index contributed by atoms with van der Waals surface area (Å²) >= 11 is 6.02. The molecular formula is C13H20ClN3O2. The molecule has 0 radical (unpaired) electrons. The van der Waals surface area contributed by atoms with Gasteiger partial charge in [0.1, 0.15) is 5.82 Å². The fourth-order valence-corrected chi connectivity index (χ4v) is 1.70. The van der Waals surface area contributed by atoms with E-state index in [-0.39, 0.29) is 28.6 Å². The molecule has 0 aliphatic carbocycles. The molecule has 0 saturated heterocycles. The summed E-state index contributed by atoms with van der Waals surface area (Å²) in [4.78, 5) is 22.3. The van der Waals surface area contributed by atoms with Crippen molar-refractivity contribution in [1.29, 1.82) is 0 Å². The van der Waals surface area contributed by atoms with Crippen molar-refractivity contribution in [3.05, 3.63) is 22.7 Å². The highest BCUT2D eigenvalue weighted by Gasteiger charge is 2.22. The molecule has 0 spiro atoms. The van der Waals surface area contributed by atoms with Crippen LogP contribution in [0.3, 0.4) is 0 Å². The van der Waals surface area contributed by atoms with Gasteiger partial charge in [-0.15, -0.1) is 0 Å². The number of halogens is 1. The summed E-state index contributed by atoms with van der Waals surface area (Å²) in [6, 6.07) is -0.0500. The molecule has 0 N–H and O–H groups in total. The summed E-state index contributed by atoms with van der Waals surface area (Å²) in [5, 5.41) is 0.269. The maximum atomic E-state index is 12.4. The number of carbonyl (C=O) groups excluding carboxylic acids is 1. The first kappa shape index (κ1) is 15.9. The van der Waals surface area contributed by atoms with Crippen molar-refractivity contribution in [1.82, 2.24) is 14.9 Å². The summed E-state index contributed by atoms with van der Waals surface area (Å²) in [7, 11) is 3.31. The molecule has 1 aromatic rings. The number of rotatable bonds is 5. The molecule has 0 aliphatic heterocycles. The lowest BCUT2D eigenvalue weighted by Gasteiger charge is -2.24. The Morgan fingerprint density at radius 3 is 2.63 bits per heavy atom. The van der Waals surface area contributed by atoms with Crippen LogP contribution in [0.4, 0.5) is 0 Å². The molecule has 1 amide bonds. The molecule has 6 heteroatoms. The minimum atomic E-state index is -0.223. The van der Waals surface area contributed by atoms with Crippen molar-refractivity contribution in [3.63, 3.8) is 0 Å². The second kappa shape index (κ2) is 6.82. The quantitative estimate of drug-likeness (QED) is 0.833. The topological polar surface area (TPSA) is 55.3 Å². The first-order valence-corrected chi connectivity index (χ1v) is 6.54. The Morgan fingerprint density at radius 2 is 2.11 bits per heavy atom. The molecule has 1 heterocycles. The molecule has 0 fully saturated rings. The van der Waals surface area contributed by atoms with Gasteiger partial charge >= 0.3 is 0 Å². The second-order valence-corrected chi connectivity index (χ2v) is 5.21. The van der Waals surface area contributed by atoms with Crippen molar-refractivity contribution < 1.29 is 9.53 Å². The van der Waals surface area contributed by atoms with Gasteiger partial charge in [-0.1, -0.05) is 25.4 Å². The zero-order chi connectivity index (χ0) is 14.6. The highest BCUT2D eigenvalue weighted by molar-refractivity contribution is 6.33. The Kier molecular flexibility index (Phi) is 5.69. The van der Waals surface area contributed by atoms with E-state index >= 15 is 0 Å². The van der Waals surface area contributed by atoms with Gasteiger partial charge in [-0.2, -0.15) is 0 Å². The van der Waals surface area contributed by atoms with Gasteiger partial charge in [0, 0.05) is 20.1 Å². The van der Waals surface area contributed by atoms with Gasteiger partial charge in [0.15, 0.2) is 5.69 Å². The number of amides is 1. The van der Waals surface area contributed by atoms with Crippen LogP contribution in [0.5, 0.6) is 0 Å². The van der Waals surface area contributed by atoms with Crippen LogP contribution in [0, 0.1) is 0 Å². The lowest BCUT2D eigenvalue weighted by Crippen LogP contribution is -2.38. The van der Waals surface area contributed by atoms with Crippen LogP contribution >= 0.6 is 11.6 Å². The molecule has 19 heavy (non-hydrogen) atoms. The number of nitrogens with zero attached hydrogens (tertiary/aromatic N) is 3. The molecule has 0 aliphatic rings. The lowest BCUT2D eigenvalue weighted by molar-refractivity contribution is 0.0627. The fourth-order valence-electron chi connectivity index (χ4n) is 1.53. The standard InChI is InChI=1S/C13H20ClN3O2/c1-8(2)12-15-6-10(14)11(16-12)13(18)17(4)9(3)7-19-5/h6,8-9H,7H2,1-5H3. The normalized spacial score (nSPS) is 12.6. The number of ether oxygens (including phenoxy) is 1. The smallest absolute Gasteiger partial charge is 0.274 e. The average Bonchev–Trinajstić information content (AvgIpc) is 2.37. The Balaban J connectivity index is 3.01. The predicted molar refractivity (Wildman–Crippen MR) is 74.6 cm³/mol. The molecule has 1 unspecified atom stereocenters. The van der Waals surface area contributed by atoms with Crippen LogP contribution in [-0.2, 0) is 4.74 Å². The maximum Gasteiger partial charge on any atom is 0.274 e. The minimum absolute atomic E-state index is 0.0500. The van der Waals surface area contributed by atoms with E-state index in [1.807, 2.05) is 20.8 Å². The summed E-state index contributed by atoms with van der Waals surface area (Å²) in [6.45, 7) is 6.30. The van der Waals surface area contributed by atoms with Crippen LogP contribution < -0.4 is 0 Å². The molecule has 0 bridgehead atoms. The largest absolute Gasteiger partial charge is 0.383 e. The molecular weight excluding hydrogens is 266 g/mol. The third kappa shape index (κ3) is 3.88. The van der Waals surface area contributed by atoms with Crippen LogP contribution in [0.15, 0.2) is 6.20 Å².